The van der Waals surface area contributed by atoms with Gasteiger partial charge in [-0.05, 0) is 64.0 Å². The first-order chi connectivity index (χ1) is 13.1. The highest BCUT2D eigenvalue weighted by Crippen LogP contribution is 2.20. The summed E-state index contributed by atoms with van der Waals surface area (Å²) in [6.07, 6.45) is 1.82. The molecule has 0 bridgehead atoms. The molecule has 0 aliphatic carbocycles. The van der Waals surface area contributed by atoms with E-state index in [1.165, 1.54) is 0 Å². The fraction of sp³-hybridized carbons (Fsp3) is 0.526. The number of carbonyl (C=O) groups excluding carboxylic acids is 1. The van der Waals surface area contributed by atoms with Crippen molar-refractivity contribution in [3.8, 4) is 11.5 Å². The molecule has 1 aromatic heterocycles. The number of nitrogens with one attached hydrogen (secondary N) is 2. The summed E-state index contributed by atoms with van der Waals surface area (Å²) in [6, 6.07) is 7.65. The maximum Gasteiger partial charge on any atom is 0.273 e. The lowest BCUT2D eigenvalue weighted by molar-refractivity contribution is 0.0926. The van der Waals surface area contributed by atoms with Gasteiger partial charge in [-0.3, -0.25) is 4.79 Å². The fourth-order valence-electron chi connectivity index (χ4n) is 3.20. The molecule has 146 valence electrons. The Morgan fingerprint density at radius 3 is 2.63 bits per heavy atom. The first kappa shape index (κ1) is 19.2. The molecular weight excluding hydrogens is 346 g/mol. The molecule has 0 radical (unpaired) electrons. The van der Waals surface area contributed by atoms with Crippen LogP contribution in [0.25, 0.3) is 0 Å². The van der Waals surface area contributed by atoms with Gasteiger partial charge in [0.05, 0.1) is 25.4 Å². The number of aromatic nitrogens is 3. The molecule has 1 amide bonds. The predicted molar refractivity (Wildman–Crippen MR) is 101 cm³/mol. The highest BCUT2D eigenvalue weighted by Gasteiger charge is 2.23. The summed E-state index contributed by atoms with van der Waals surface area (Å²) in [5.41, 5.74) is 1.19. The van der Waals surface area contributed by atoms with Gasteiger partial charge in [-0.2, -0.15) is 0 Å². The molecule has 8 nitrogen and oxygen atoms in total. The maximum absolute atomic E-state index is 12.5. The minimum Gasteiger partial charge on any atom is -0.497 e. The van der Waals surface area contributed by atoms with E-state index in [0.29, 0.717) is 18.3 Å². The molecule has 1 atom stereocenters. The molecule has 27 heavy (non-hydrogen) atoms. The third kappa shape index (κ3) is 4.77. The number of methoxy groups -OCH3 is 1. The van der Waals surface area contributed by atoms with Crippen molar-refractivity contribution in [2.24, 2.45) is 0 Å². The smallest absolute Gasteiger partial charge is 0.273 e. The van der Waals surface area contributed by atoms with E-state index in [9.17, 15) is 4.79 Å². The van der Waals surface area contributed by atoms with E-state index in [2.05, 4.69) is 20.9 Å². The Bertz CT molecular complexity index is 753. The van der Waals surface area contributed by atoms with Crippen molar-refractivity contribution in [3.05, 3.63) is 35.7 Å². The highest BCUT2D eigenvalue weighted by atomic mass is 16.5. The van der Waals surface area contributed by atoms with Gasteiger partial charge in [-0.1, -0.05) is 5.21 Å². The lowest BCUT2D eigenvalue weighted by atomic mass is 10.1. The van der Waals surface area contributed by atoms with Crippen molar-refractivity contribution in [1.82, 2.24) is 25.6 Å². The van der Waals surface area contributed by atoms with Crippen LogP contribution < -0.4 is 20.1 Å². The van der Waals surface area contributed by atoms with Crippen LogP contribution in [0.3, 0.4) is 0 Å². The zero-order valence-electron chi connectivity index (χ0n) is 16.1. The summed E-state index contributed by atoms with van der Waals surface area (Å²) in [5, 5.41) is 14.5. The number of hydrogen-bond acceptors (Lipinski definition) is 6. The van der Waals surface area contributed by atoms with Gasteiger partial charge in [0.15, 0.2) is 5.69 Å². The molecule has 2 N–H and O–H groups in total. The van der Waals surface area contributed by atoms with Gasteiger partial charge in [0.25, 0.3) is 5.91 Å². The molecule has 1 aliphatic heterocycles. The normalized spacial score (nSPS) is 16.0. The van der Waals surface area contributed by atoms with E-state index in [1.54, 1.807) is 7.11 Å². The average Bonchev–Trinajstić information content (AvgIpc) is 3.09. The second-order valence-electron chi connectivity index (χ2n) is 6.76. The molecular formula is C19H27N5O3. The van der Waals surface area contributed by atoms with Crippen LogP contribution in [0.1, 0.15) is 42.0 Å². The number of hydrogen-bond donors (Lipinski definition) is 2. The molecule has 1 aromatic carbocycles. The zero-order chi connectivity index (χ0) is 19.2. The summed E-state index contributed by atoms with van der Waals surface area (Å²) in [5.74, 6) is 1.28. The highest BCUT2D eigenvalue weighted by molar-refractivity contribution is 5.93. The Morgan fingerprint density at radius 2 is 1.96 bits per heavy atom. The van der Waals surface area contributed by atoms with Crippen LogP contribution in [0.5, 0.6) is 11.5 Å². The van der Waals surface area contributed by atoms with Crippen LogP contribution in [0.4, 0.5) is 0 Å². The number of rotatable bonds is 7. The number of carbonyl (C=O) groups is 1. The third-order valence-electron chi connectivity index (χ3n) is 4.74. The van der Waals surface area contributed by atoms with Gasteiger partial charge in [0.1, 0.15) is 17.6 Å². The van der Waals surface area contributed by atoms with Crippen LogP contribution in [-0.2, 0) is 0 Å². The molecule has 1 unspecified atom stereocenters. The van der Waals surface area contributed by atoms with E-state index in [0.717, 1.165) is 43.1 Å². The van der Waals surface area contributed by atoms with Crippen LogP contribution in [0.2, 0.25) is 0 Å². The van der Waals surface area contributed by atoms with Gasteiger partial charge in [0, 0.05) is 0 Å². The van der Waals surface area contributed by atoms with E-state index in [1.807, 2.05) is 42.8 Å². The Labute approximate surface area is 159 Å². The molecule has 2 aromatic rings. The largest absolute Gasteiger partial charge is 0.497 e. The van der Waals surface area contributed by atoms with Crippen LogP contribution in [-0.4, -0.2) is 53.7 Å². The van der Waals surface area contributed by atoms with E-state index < -0.39 is 0 Å². The topological polar surface area (TPSA) is 90.3 Å². The summed E-state index contributed by atoms with van der Waals surface area (Å²) in [4.78, 5) is 12.5. The molecule has 0 spiro atoms. The van der Waals surface area contributed by atoms with Gasteiger partial charge >= 0.3 is 0 Å². The predicted octanol–water partition coefficient (Wildman–Crippen LogP) is 1.72. The fourth-order valence-corrected chi connectivity index (χ4v) is 3.20. The standard InChI is InChI=1S/C19H27N5O3/c1-13(27-17-6-4-16(26-3)5-7-17)12-21-19(25)18-14(2)24(23-22-18)15-8-10-20-11-9-15/h4-7,13,15,20H,8-12H2,1-3H3,(H,21,25). The molecule has 1 saturated heterocycles. The van der Waals surface area contributed by atoms with Gasteiger partial charge < -0.3 is 20.1 Å². The molecule has 8 heteroatoms. The van der Waals surface area contributed by atoms with Crippen molar-refractivity contribution < 1.29 is 14.3 Å². The number of nitrogens with zero attached hydrogens (tertiary/aromatic N) is 3. The summed E-state index contributed by atoms with van der Waals surface area (Å²) < 4.78 is 12.8. The van der Waals surface area contributed by atoms with Crippen molar-refractivity contribution >= 4 is 5.91 Å². The first-order valence-corrected chi connectivity index (χ1v) is 9.30. The number of piperidine rings is 1. The molecule has 3 rings (SSSR count). The second-order valence-corrected chi connectivity index (χ2v) is 6.76. The van der Waals surface area contributed by atoms with Crippen LogP contribution in [0, 0.1) is 6.92 Å². The summed E-state index contributed by atoms with van der Waals surface area (Å²) in [6.45, 7) is 6.11. The summed E-state index contributed by atoms with van der Waals surface area (Å²) >= 11 is 0. The maximum atomic E-state index is 12.5. The quantitative estimate of drug-likeness (QED) is 0.768. The third-order valence-corrected chi connectivity index (χ3v) is 4.74. The Morgan fingerprint density at radius 1 is 1.30 bits per heavy atom. The Kier molecular flexibility index (Phi) is 6.28. The van der Waals surface area contributed by atoms with Gasteiger partial charge in [0.2, 0.25) is 0 Å². The Balaban J connectivity index is 1.53. The molecule has 1 aliphatic rings. The van der Waals surface area contributed by atoms with E-state index >= 15 is 0 Å². The minimum absolute atomic E-state index is 0.179. The number of amides is 1. The van der Waals surface area contributed by atoms with Crippen molar-refractivity contribution in [2.45, 2.75) is 38.8 Å². The van der Waals surface area contributed by atoms with Crippen LogP contribution >= 0.6 is 0 Å². The summed E-state index contributed by atoms with van der Waals surface area (Å²) in [7, 11) is 1.62. The van der Waals surface area contributed by atoms with Gasteiger partial charge in [-0.15, -0.1) is 5.10 Å². The minimum atomic E-state index is -0.224. The lowest BCUT2D eigenvalue weighted by Crippen LogP contribution is -2.34. The van der Waals surface area contributed by atoms with E-state index in [-0.39, 0.29) is 12.0 Å². The second kappa shape index (κ2) is 8.85. The van der Waals surface area contributed by atoms with Crippen molar-refractivity contribution in [3.63, 3.8) is 0 Å². The average molecular weight is 373 g/mol. The monoisotopic (exact) mass is 373 g/mol. The van der Waals surface area contributed by atoms with Crippen molar-refractivity contribution in [1.29, 1.82) is 0 Å². The van der Waals surface area contributed by atoms with Gasteiger partial charge in [-0.25, -0.2) is 4.68 Å². The van der Waals surface area contributed by atoms with E-state index in [4.69, 9.17) is 9.47 Å². The zero-order valence-corrected chi connectivity index (χ0v) is 16.1. The molecule has 1 fully saturated rings. The Hall–Kier alpha value is -2.61. The van der Waals surface area contributed by atoms with Crippen LogP contribution in [0.15, 0.2) is 24.3 Å². The lowest BCUT2D eigenvalue weighted by Gasteiger charge is -2.23. The SMILES string of the molecule is COc1ccc(OC(C)CNC(=O)c2nnn(C3CCNCC3)c2C)cc1. The number of benzene rings is 1. The first-order valence-electron chi connectivity index (χ1n) is 9.30. The van der Waals surface area contributed by atoms with Crippen molar-refractivity contribution in [2.75, 3.05) is 26.7 Å². The number of ether oxygens (including phenoxy) is 2. The molecule has 0 saturated carbocycles. The molecule has 2 heterocycles.